The second-order valence-electron chi connectivity index (χ2n) is 5.50. The fourth-order valence-electron chi connectivity index (χ4n) is 2.91. The van der Waals surface area contributed by atoms with E-state index in [9.17, 15) is 5.11 Å². The largest absolute Gasteiger partial charge is 0.385 e. The van der Waals surface area contributed by atoms with Gasteiger partial charge in [-0.15, -0.1) is 0 Å². The molecule has 0 radical (unpaired) electrons. The van der Waals surface area contributed by atoms with E-state index in [1.807, 2.05) is 38.1 Å². The fourth-order valence-corrected chi connectivity index (χ4v) is 3.18. The molecule has 2 unspecified atom stereocenters. The first-order valence-corrected chi connectivity index (χ1v) is 8.07. The lowest BCUT2D eigenvalue weighted by molar-refractivity contribution is -0.398. The molecule has 2 heterocycles. The van der Waals surface area contributed by atoms with Gasteiger partial charge in [0, 0.05) is 28.8 Å². The van der Waals surface area contributed by atoms with Crippen LogP contribution in [0.4, 0.5) is 0 Å². The van der Waals surface area contributed by atoms with Crippen molar-refractivity contribution in [2.75, 3.05) is 7.11 Å². The number of hydrogen-bond acceptors (Lipinski definition) is 5. The molecule has 120 valence electrons. The van der Waals surface area contributed by atoms with Crippen LogP contribution in [0.1, 0.15) is 32.3 Å². The number of rotatable bonds is 5. The van der Waals surface area contributed by atoms with Crippen LogP contribution in [0, 0.1) is 0 Å². The molecular weight excluding hydrogens is 352 g/mol. The number of fused-ring (bicyclic) bond motifs is 2. The van der Waals surface area contributed by atoms with E-state index in [0.717, 1.165) is 10.0 Å². The molecule has 1 N–H and O–H groups in total. The van der Waals surface area contributed by atoms with Crippen molar-refractivity contribution in [1.82, 2.24) is 0 Å². The summed E-state index contributed by atoms with van der Waals surface area (Å²) < 4.78 is 12.2. The van der Waals surface area contributed by atoms with Gasteiger partial charge in [0.2, 0.25) is 0 Å². The Balaban J connectivity index is 2.13. The summed E-state index contributed by atoms with van der Waals surface area (Å²) in [5.41, 5.74) is 0.288. The smallest absolute Gasteiger partial charge is 0.336 e. The summed E-state index contributed by atoms with van der Waals surface area (Å²) in [6.45, 7) is 3.85. The molecule has 2 atom stereocenters. The van der Waals surface area contributed by atoms with Crippen molar-refractivity contribution >= 4 is 15.9 Å². The van der Waals surface area contributed by atoms with Crippen molar-refractivity contribution in [1.29, 1.82) is 0 Å². The highest BCUT2D eigenvalue weighted by atomic mass is 79.9. The first-order valence-electron chi connectivity index (χ1n) is 7.28. The monoisotopic (exact) mass is 370 g/mol. The van der Waals surface area contributed by atoms with Crippen molar-refractivity contribution in [2.24, 2.45) is 0 Å². The molecule has 2 bridgehead atoms. The molecule has 1 saturated heterocycles. The Labute approximate surface area is 137 Å². The predicted molar refractivity (Wildman–Crippen MR) is 82.4 cm³/mol. The van der Waals surface area contributed by atoms with Crippen LogP contribution in [0.15, 0.2) is 40.4 Å². The average Bonchev–Trinajstić information content (AvgIpc) is 3.10. The van der Waals surface area contributed by atoms with Gasteiger partial charge in [-0.05, 0) is 25.0 Å². The van der Waals surface area contributed by atoms with Crippen LogP contribution in [-0.2, 0) is 25.0 Å². The molecule has 1 fully saturated rings. The Morgan fingerprint density at radius 3 is 2.36 bits per heavy atom. The molecule has 0 aromatic heterocycles. The van der Waals surface area contributed by atoms with Crippen molar-refractivity contribution in [3.63, 3.8) is 0 Å². The summed E-state index contributed by atoms with van der Waals surface area (Å²) in [7, 11) is 1.47. The Morgan fingerprint density at radius 1 is 1.18 bits per heavy atom. The Hall–Kier alpha value is -0.760. The molecule has 1 aromatic carbocycles. The van der Waals surface area contributed by atoms with Crippen molar-refractivity contribution in [3.05, 3.63) is 46.0 Å². The number of ether oxygens (including phenoxy) is 2. The van der Waals surface area contributed by atoms with Gasteiger partial charge >= 0.3 is 5.97 Å². The molecule has 22 heavy (non-hydrogen) atoms. The lowest BCUT2D eigenvalue weighted by atomic mass is 9.81. The maximum absolute atomic E-state index is 11.0. The second kappa shape index (κ2) is 5.40. The van der Waals surface area contributed by atoms with Crippen LogP contribution >= 0.6 is 15.9 Å². The number of benzene rings is 1. The predicted octanol–water partition coefficient (Wildman–Crippen LogP) is 3.37. The Kier molecular flexibility index (Phi) is 3.96. The van der Waals surface area contributed by atoms with E-state index in [1.54, 1.807) is 6.08 Å². The zero-order chi connectivity index (χ0) is 16.0. The summed E-state index contributed by atoms with van der Waals surface area (Å²) in [6.07, 6.45) is 2.73. The highest BCUT2D eigenvalue weighted by Crippen LogP contribution is 2.56. The fraction of sp³-hybridized carbons (Fsp3) is 0.500. The summed E-state index contributed by atoms with van der Waals surface area (Å²) >= 11 is 3.41. The van der Waals surface area contributed by atoms with Gasteiger partial charge in [-0.1, -0.05) is 41.9 Å². The van der Waals surface area contributed by atoms with Crippen LogP contribution in [0.2, 0.25) is 0 Å². The average molecular weight is 371 g/mol. The maximum Gasteiger partial charge on any atom is 0.336 e. The third-order valence-electron chi connectivity index (χ3n) is 4.42. The molecule has 0 spiro atoms. The van der Waals surface area contributed by atoms with Gasteiger partial charge in [-0.2, -0.15) is 9.78 Å². The molecule has 0 saturated carbocycles. The van der Waals surface area contributed by atoms with Gasteiger partial charge in [0.15, 0.2) is 0 Å². The molecule has 6 heteroatoms. The third-order valence-corrected chi connectivity index (χ3v) is 4.95. The van der Waals surface area contributed by atoms with Gasteiger partial charge in [0.25, 0.3) is 5.79 Å². The highest BCUT2D eigenvalue weighted by Gasteiger charge is 2.65. The lowest BCUT2D eigenvalue weighted by Gasteiger charge is -2.36. The van der Waals surface area contributed by atoms with Crippen LogP contribution in [0.5, 0.6) is 0 Å². The third kappa shape index (κ3) is 2.18. The molecule has 0 amide bonds. The van der Waals surface area contributed by atoms with E-state index in [1.165, 1.54) is 7.11 Å². The molecule has 2 aliphatic heterocycles. The van der Waals surface area contributed by atoms with E-state index >= 15 is 0 Å². The van der Waals surface area contributed by atoms with Gasteiger partial charge in [0.1, 0.15) is 0 Å². The van der Waals surface area contributed by atoms with E-state index in [0.29, 0.717) is 18.4 Å². The summed E-state index contributed by atoms with van der Waals surface area (Å²) in [4.78, 5) is 10.8. The van der Waals surface area contributed by atoms with E-state index < -0.39 is 17.4 Å². The molecule has 1 aromatic rings. The number of hydrogen-bond donors (Lipinski definition) is 1. The van der Waals surface area contributed by atoms with Crippen LogP contribution in [-0.4, -0.2) is 23.8 Å². The Bertz CT molecular complexity index is 595. The zero-order valence-corrected chi connectivity index (χ0v) is 14.3. The summed E-state index contributed by atoms with van der Waals surface area (Å²) in [6, 6.07) is 7.50. The standard InChI is InChI=1S/C16H19BrO5/c1-4-14(18,5-2)13-10-15(19-3)20-16(13,22-21-15)11-6-8-12(17)9-7-11/h6-10,18H,4-5H2,1-3H3. The second-order valence-corrected chi connectivity index (χ2v) is 6.41. The molecule has 5 nitrogen and oxygen atoms in total. The quantitative estimate of drug-likeness (QED) is 0.635. The number of methoxy groups -OCH3 is 1. The summed E-state index contributed by atoms with van der Waals surface area (Å²) in [5.74, 6) is -2.71. The van der Waals surface area contributed by atoms with E-state index in [-0.39, 0.29) is 0 Å². The Morgan fingerprint density at radius 2 is 1.82 bits per heavy atom. The van der Waals surface area contributed by atoms with Crippen molar-refractivity contribution in [3.8, 4) is 0 Å². The lowest BCUT2D eigenvalue weighted by Crippen LogP contribution is -2.42. The number of halogens is 1. The van der Waals surface area contributed by atoms with Gasteiger partial charge in [-0.25, -0.2) is 0 Å². The molecule has 3 rings (SSSR count). The minimum Gasteiger partial charge on any atom is -0.385 e. The zero-order valence-electron chi connectivity index (χ0n) is 12.8. The van der Waals surface area contributed by atoms with Crippen LogP contribution < -0.4 is 0 Å². The minimum absolute atomic E-state index is 0.528. The molecular formula is C16H19BrO5. The van der Waals surface area contributed by atoms with Crippen LogP contribution in [0.3, 0.4) is 0 Å². The first-order chi connectivity index (χ1) is 10.4. The SMILES string of the molecule is CCC(O)(CC)C1=CC2(OC)OOC1(c1ccc(Br)cc1)O2. The minimum atomic E-state index is -1.42. The molecule has 2 aliphatic rings. The van der Waals surface area contributed by atoms with Gasteiger partial charge in [-0.3, -0.25) is 4.74 Å². The van der Waals surface area contributed by atoms with Crippen molar-refractivity contribution < 1.29 is 24.4 Å². The highest BCUT2D eigenvalue weighted by molar-refractivity contribution is 9.10. The normalized spacial score (nSPS) is 30.7. The van der Waals surface area contributed by atoms with E-state index in [4.69, 9.17) is 19.2 Å². The van der Waals surface area contributed by atoms with Crippen molar-refractivity contribution in [2.45, 2.75) is 44.1 Å². The van der Waals surface area contributed by atoms with Crippen LogP contribution in [0.25, 0.3) is 0 Å². The maximum atomic E-state index is 11.0. The van der Waals surface area contributed by atoms with Gasteiger partial charge < -0.3 is 9.84 Å². The molecule has 0 aliphatic carbocycles. The van der Waals surface area contributed by atoms with Gasteiger partial charge in [0.05, 0.1) is 5.60 Å². The number of aliphatic hydroxyl groups is 1. The summed E-state index contributed by atoms with van der Waals surface area (Å²) in [5, 5.41) is 11.0. The van der Waals surface area contributed by atoms with E-state index in [2.05, 4.69) is 15.9 Å². The topological polar surface area (TPSA) is 57.2 Å². The first kappa shape index (κ1) is 16.1.